The van der Waals surface area contributed by atoms with Crippen molar-refractivity contribution in [3.05, 3.63) is 0 Å². The maximum Gasteiger partial charge on any atom is 0.329 e. The van der Waals surface area contributed by atoms with Gasteiger partial charge in [0.2, 0.25) is 10.0 Å². The molecule has 0 aromatic rings. The maximum absolute atomic E-state index is 11.3. The number of hydrogen-bond donors (Lipinski definition) is 1. The van der Waals surface area contributed by atoms with Crippen molar-refractivity contribution in [1.29, 1.82) is 0 Å². The Hall–Kier alpha value is -0.660. The topological polar surface area (TPSA) is 83.9 Å². The molecule has 6 nitrogen and oxygen atoms in total. The average molecular weight is 251 g/mol. The molecular weight excluding hydrogens is 234 g/mol. The van der Waals surface area contributed by atoms with Gasteiger partial charge in [0, 0.05) is 13.1 Å². The van der Waals surface area contributed by atoms with Crippen LogP contribution in [-0.4, -0.2) is 56.4 Å². The zero-order valence-electron chi connectivity index (χ0n) is 9.26. The third kappa shape index (κ3) is 4.46. The Bertz CT molecular complexity index is 340. The second-order valence-corrected chi connectivity index (χ2v) is 6.02. The van der Waals surface area contributed by atoms with Crippen LogP contribution in [-0.2, 0) is 19.6 Å². The highest BCUT2D eigenvalue weighted by molar-refractivity contribution is 7.88. The van der Waals surface area contributed by atoms with E-state index in [1.165, 1.54) is 10.6 Å². The quantitative estimate of drug-likeness (QED) is 0.729. The number of carboxylic acid groups (broad SMARTS) is 1. The number of ether oxygens (including phenoxy) is 1. The molecule has 0 aromatic heterocycles. The summed E-state index contributed by atoms with van der Waals surface area (Å²) in [6, 6.07) is 0. The lowest BCUT2D eigenvalue weighted by molar-refractivity contribution is -0.142. The summed E-state index contributed by atoms with van der Waals surface area (Å²) in [7, 11) is -3.14. The van der Waals surface area contributed by atoms with Gasteiger partial charge in [-0.25, -0.2) is 17.5 Å². The summed E-state index contributed by atoms with van der Waals surface area (Å²) >= 11 is 0. The van der Waals surface area contributed by atoms with E-state index in [0.717, 1.165) is 12.8 Å². The van der Waals surface area contributed by atoms with Crippen molar-refractivity contribution >= 4 is 16.0 Å². The van der Waals surface area contributed by atoms with E-state index in [-0.39, 0.29) is 12.5 Å². The number of hydrogen-bond acceptors (Lipinski definition) is 4. The van der Waals surface area contributed by atoms with E-state index in [2.05, 4.69) is 0 Å². The van der Waals surface area contributed by atoms with Crippen LogP contribution in [0.4, 0.5) is 0 Å². The van der Waals surface area contributed by atoms with Crippen LogP contribution in [0.2, 0.25) is 0 Å². The normalized spacial score (nSPS) is 23.2. The minimum atomic E-state index is -3.14. The predicted octanol–water partition coefficient (Wildman–Crippen LogP) is -0.241. The summed E-state index contributed by atoms with van der Waals surface area (Å²) in [6.45, 7) is 0.959. The van der Waals surface area contributed by atoms with Crippen molar-refractivity contribution in [1.82, 2.24) is 4.31 Å². The minimum absolute atomic E-state index is 0.0998. The molecule has 1 rings (SSSR count). The molecule has 0 saturated carbocycles. The smallest absolute Gasteiger partial charge is 0.329 e. The van der Waals surface area contributed by atoms with Gasteiger partial charge in [0.25, 0.3) is 0 Å². The summed E-state index contributed by atoms with van der Waals surface area (Å²) < 4.78 is 29.0. The van der Waals surface area contributed by atoms with Gasteiger partial charge in [0.15, 0.2) is 0 Å². The van der Waals surface area contributed by atoms with Gasteiger partial charge < -0.3 is 9.84 Å². The molecule has 0 aliphatic carbocycles. The van der Waals surface area contributed by atoms with E-state index in [1.54, 1.807) is 0 Å². The average Bonchev–Trinajstić information content (AvgIpc) is 2.16. The number of sulfonamides is 1. The molecule has 16 heavy (non-hydrogen) atoms. The van der Waals surface area contributed by atoms with Crippen LogP contribution in [0.3, 0.4) is 0 Å². The zero-order valence-corrected chi connectivity index (χ0v) is 10.1. The number of carboxylic acids is 1. The van der Waals surface area contributed by atoms with Gasteiger partial charge in [0.05, 0.1) is 12.9 Å². The highest BCUT2D eigenvalue weighted by Gasteiger charge is 2.25. The van der Waals surface area contributed by atoms with Crippen LogP contribution >= 0.6 is 0 Å². The standard InChI is InChI=1S/C9H17NO5S/c1-16(13,14)10-4-2-3-8(5-10)6-15-7-9(11)12/h8H,2-7H2,1H3,(H,11,12). The highest BCUT2D eigenvalue weighted by Crippen LogP contribution is 2.18. The molecule has 1 aliphatic heterocycles. The van der Waals surface area contributed by atoms with Crippen LogP contribution in [0.25, 0.3) is 0 Å². The van der Waals surface area contributed by atoms with E-state index in [4.69, 9.17) is 9.84 Å². The molecule has 1 atom stereocenters. The first kappa shape index (κ1) is 13.4. The molecule has 0 spiro atoms. The number of carbonyl (C=O) groups is 1. The fourth-order valence-electron chi connectivity index (χ4n) is 1.78. The van der Waals surface area contributed by atoms with Gasteiger partial charge in [-0.05, 0) is 18.8 Å². The first-order valence-corrected chi connectivity index (χ1v) is 6.99. The number of nitrogens with zero attached hydrogens (tertiary/aromatic N) is 1. The van der Waals surface area contributed by atoms with Crippen molar-refractivity contribution in [2.24, 2.45) is 5.92 Å². The third-order valence-corrected chi connectivity index (χ3v) is 3.80. The molecule has 1 saturated heterocycles. The largest absolute Gasteiger partial charge is 0.480 e. The third-order valence-electron chi connectivity index (χ3n) is 2.53. The van der Waals surface area contributed by atoms with Crippen LogP contribution in [0, 0.1) is 5.92 Å². The van der Waals surface area contributed by atoms with Crippen LogP contribution in [0.5, 0.6) is 0 Å². The Balaban J connectivity index is 2.36. The lowest BCUT2D eigenvalue weighted by Gasteiger charge is -2.30. The Labute approximate surface area is 95.2 Å². The lowest BCUT2D eigenvalue weighted by atomic mass is 10.0. The zero-order chi connectivity index (χ0) is 12.2. The van der Waals surface area contributed by atoms with E-state index in [0.29, 0.717) is 19.7 Å². The van der Waals surface area contributed by atoms with E-state index in [9.17, 15) is 13.2 Å². The molecule has 94 valence electrons. The lowest BCUT2D eigenvalue weighted by Crippen LogP contribution is -2.40. The molecule has 0 aromatic carbocycles. The molecule has 0 bridgehead atoms. The van der Waals surface area contributed by atoms with Gasteiger partial charge >= 0.3 is 5.97 Å². The Morgan fingerprint density at radius 3 is 2.81 bits per heavy atom. The molecular formula is C9H17NO5S. The molecule has 1 heterocycles. The second kappa shape index (κ2) is 5.60. The monoisotopic (exact) mass is 251 g/mol. The summed E-state index contributed by atoms with van der Waals surface area (Å²) in [6.07, 6.45) is 2.87. The van der Waals surface area contributed by atoms with Crippen molar-refractivity contribution in [3.8, 4) is 0 Å². The predicted molar refractivity (Wildman–Crippen MR) is 57.6 cm³/mol. The number of aliphatic carboxylic acids is 1. The first-order valence-electron chi connectivity index (χ1n) is 5.14. The van der Waals surface area contributed by atoms with Gasteiger partial charge in [0.1, 0.15) is 6.61 Å². The van der Waals surface area contributed by atoms with Gasteiger partial charge in [-0.2, -0.15) is 0 Å². The van der Waals surface area contributed by atoms with Crippen molar-refractivity contribution in [2.45, 2.75) is 12.8 Å². The van der Waals surface area contributed by atoms with E-state index < -0.39 is 16.0 Å². The molecule has 1 fully saturated rings. The summed E-state index contributed by atoms with van der Waals surface area (Å²) in [5.41, 5.74) is 0. The van der Waals surface area contributed by atoms with Crippen LogP contribution in [0.15, 0.2) is 0 Å². The summed E-state index contributed by atoms with van der Waals surface area (Å²) in [5.74, 6) is -0.904. The maximum atomic E-state index is 11.3. The van der Waals surface area contributed by atoms with Crippen molar-refractivity contribution in [3.63, 3.8) is 0 Å². The summed E-state index contributed by atoms with van der Waals surface area (Å²) in [4.78, 5) is 10.2. The molecule has 0 radical (unpaired) electrons. The van der Waals surface area contributed by atoms with Gasteiger partial charge in [-0.3, -0.25) is 0 Å². The highest BCUT2D eigenvalue weighted by atomic mass is 32.2. The molecule has 1 aliphatic rings. The van der Waals surface area contributed by atoms with Crippen molar-refractivity contribution in [2.75, 3.05) is 32.6 Å². The fourth-order valence-corrected chi connectivity index (χ4v) is 2.72. The summed E-state index contributed by atoms with van der Waals surface area (Å²) in [5, 5.41) is 8.39. The van der Waals surface area contributed by atoms with E-state index >= 15 is 0 Å². The van der Waals surface area contributed by atoms with Crippen LogP contribution in [0.1, 0.15) is 12.8 Å². The molecule has 1 N–H and O–H groups in total. The SMILES string of the molecule is CS(=O)(=O)N1CCCC(COCC(=O)O)C1. The molecule has 7 heteroatoms. The molecule has 1 unspecified atom stereocenters. The van der Waals surface area contributed by atoms with E-state index in [1.807, 2.05) is 0 Å². The fraction of sp³-hybridized carbons (Fsp3) is 0.889. The molecule has 0 amide bonds. The number of piperidine rings is 1. The number of rotatable bonds is 5. The Kier molecular flexibility index (Phi) is 4.69. The Morgan fingerprint density at radius 2 is 2.25 bits per heavy atom. The van der Waals surface area contributed by atoms with Gasteiger partial charge in [-0.1, -0.05) is 0 Å². The minimum Gasteiger partial charge on any atom is -0.480 e. The second-order valence-electron chi connectivity index (χ2n) is 4.04. The first-order chi connectivity index (χ1) is 7.39. The Morgan fingerprint density at radius 1 is 1.56 bits per heavy atom. The van der Waals surface area contributed by atoms with Crippen LogP contribution < -0.4 is 0 Å². The van der Waals surface area contributed by atoms with Crippen molar-refractivity contribution < 1.29 is 23.1 Å². The van der Waals surface area contributed by atoms with Gasteiger partial charge in [-0.15, -0.1) is 0 Å².